The molecule has 0 bridgehead atoms. The number of carboxylic acids is 1. The molecule has 2 amide bonds. The number of fused-ring (bicyclic) bond motifs is 1. The van der Waals surface area contributed by atoms with Gasteiger partial charge in [-0.1, -0.05) is 30.3 Å². The van der Waals surface area contributed by atoms with Gasteiger partial charge in [-0.05, 0) is 61.2 Å². The lowest BCUT2D eigenvalue weighted by atomic mass is 9.93. The molecule has 1 saturated heterocycles. The third kappa shape index (κ3) is 8.30. The molecular formula is C24H32N4O6S. The summed E-state index contributed by atoms with van der Waals surface area (Å²) in [5.74, 6) is -1.49. The molecule has 35 heavy (non-hydrogen) atoms. The van der Waals surface area contributed by atoms with Crippen LogP contribution in [-0.4, -0.2) is 63.5 Å². The van der Waals surface area contributed by atoms with E-state index in [2.05, 4.69) is 20.7 Å². The van der Waals surface area contributed by atoms with Crippen molar-refractivity contribution in [3.63, 3.8) is 0 Å². The first-order valence-corrected chi connectivity index (χ1v) is 13.2. The number of sulfonamides is 1. The van der Waals surface area contributed by atoms with E-state index >= 15 is 0 Å². The van der Waals surface area contributed by atoms with Gasteiger partial charge in [-0.15, -0.1) is 0 Å². The Labute approximate surface area is 204 Å². The second-order valence-electron chi connectivity index (χ2n) is 8.66. The van der Waals surface area contributed by atoms with Gasteiger partial charge in [0.05, 0.1) is 4.90 Å². The normalized spacial score (nSPS) is 15.4. The number of rotatable bonds is 12. The minimum atomic E-state index is -4.13. The minimum Gasteiger partial charge on any atom is -0.480 e. The molecule has 1 atom stereocenters. The van der Waals surface area contributed by atoms with Crippen LogP contribution >= 0.6 is 0 Å². The van der Waals surface area contributed by atoms with Crippen molar-refractivity contribution < 1.29 is 27.9 Å². The summed E-state index contributed by atoms with van der Waals surface area (Å²) in [5.41, 5.74) is 0. The number of amides is 2. The molecule has 1 fully saturated rings. The summed E-state index contributed by atoms with van der Waals surface area (Å²) >= 11 is 0. The maximum Gasteiger partial charge on any atom is 0.323 e. The highest BCUT2D eigenvalue weighted by Gasteiger charge is 2.26. The number of benzene rings is 2. The monoisotopic (exact) mass is 504 g/mol. The summed E-state index contributed by atoms with van der Waals surface area (Å²) in [6, 6.07) is 10.2. The smallest absolute Gasteiger partial charge is 0.323 e. The number of carboxylic acid groups (broad SMARTS) is 1. The maximum atomic E-state index is 12.7. The van der Waals surface area contributed by atoms with Gasteiger partial charge in [-0.3, -0.25) is 14.4 Å². The average Bonchev–Trinajstić information content (AvgIpc) is 2.85. The quantitative estimate of drug-likeness (QED) is 0.289. The lowest BCUT2D eigenvalue weighted by Crippen LogP contribution is -2.48. The standard InChI is InChI=1S/C24H32N4O6S/c29-22(8-5-17-9-12-25-13-10-17)26-14-11-23(30)27-16-21(24(31)32)28-35(33,34)20-7-6-18-3-1-2-4-19(18)15-20/h1-4,6-7,15,17,21,25,28H,5,8-14,16H2,(H,26,29)(H,27,30)(H,31,32). The third-order valence-electron chi connectivity index (χ3n) is 6.04. The zero-order valence-electron chi connectivity index (χ0n) is 19.5. The van der Waals surface area contributed by atoms with Crippen LogP contribution in [0.1, 0.15) is 32.1 Å². The molecule has 190 valence electrons. The largest absolute Gasteiger partial charge is 0.480 e. The van der Waals surface area contributed by atoms with Gasteiger partial charge >= 0.3 is 5.97 Å². The van der Waals surface area contributed by atoms with Gasteiger partial charge in [0.2, 0.25) is 21.8 Å². The summed E-state index contributed by atoms with van der Waals surface area (Å²) in [5, 5.41) is 19.4. The fourth-order valence-electron chi connectivity index (χ4n) is 3.98. The SMILES string of the molecule is O=C(CCC1CCNCC1)NCCC(=O)NCC(NS(=O)(=O)c1ccc2ccccc2c1)C(=O)O. The maximum absolute atomic E-state index is 12.7. The molecule has 0 saturated carbocycles. The molecule has 2 aromatic rings. The van der Waals surface area contributed by atoms with Gasteiger partial charge in [-0.25, -0.2) is 8.42 Å². The van der Waals surface area contributed by atoms with E-state index in [9.17, 15) is 27.9 Å². The Morgan fingerprint density at radius 2 is 1.66 bits per heavy atom. The number of hydrogen-bond donors (Lipinski definition) is 5. The first-order chi connectivity index (χ1) is 16.7. The molecule has 1 heterocycles. The summed E-state index contributed by atoms with van der Waals surface area (Å²) in [7, 11) is -4.13. The van der Waals surface area contributed by atoms with E-state index in [0.29, 0.717) is 17.7 Å². The van der Waals surface area contributed by atoms with Crippen LogP contribution in [0.5, 0.6) is 0 Å². The van der Waals surface area contributed by atoms with E-state index < -0.39 is 34.5 Å². The molecule has 2 aromatic carbocycles. The van der Waals surface area contributed by atoms with Crippen molar-refractivity contribution in [1.82, 2.24) is 20.7 Å². The van der Waals surface area contributed by atoms with Gasteiger partial charge in [0.15, 0.2) is 0 Å². The fourth-order valence-corrected chi connectivity index (χ4v) is 5.21. The van der Waals surface area contributed by atoms with Crippen LogP contribution in [0.3, 0.4) is 0 Å². The number of aliphatic carboxylic acids is 1. The van der Waals surface area contributed by atoms with Crippen LogP contribution in [0, 0.1) is 5.92 Å². The highest BCUT2D eigenvalue weighted by Crippen LogP contribution is 2.19. The lowest BCUT2D eigenvalue weighted by molar-refractivity contribution is -0.138. The highest BCUT2D eigenvalue weighted by molar-refractivity contribution is 7.89. The van der Waals surface area contributed by atoms with Crippen molar-refractivity contribution in [2.45, 2.75) is 43.0 Å². The predicted octanol–water partition coefficient (Wildman–Crippen LogP) is 0.974. The lowest BCUT2D eigenvalue weighted by Gasteiger charge is -2.22. The Bertz CT molecular complexity index is 1150. The van der Waals surface area contributed by atoms with Gasteiger partial charge in [0.25, 0.3) is 0 Å². The second-order valence-corrected chi connectivity index (χ2v) is 10.4. The number of nitrogens with one attached hydrogen (secondary N) is 4. The number of hydrogen-bond acceptors (Lipinski definition) is 6. The predicted molar refractivity (Wildman–Crippen MR) is 131 cm³/mol. The Balaban J connectivity index is 1.43. The van der Waals surface area contributed by atoms with E-state index in [1.54, 1.807) is 18.2 Å². The Kier molecular flexibility index (Phi) is 9.58. The zero-order chi connectivity index (χ0) is 25.3. The highest BCUT2D eigenvalue weighted by atomic mass is 32.2. The van der Waals surface area contributed by atoms with Crippen LogP contribution in [0.2, 0.25) is 0 Å². The van der Waals surface area contributed by atoms with Crippen LogP contribution in [0.15, 0.2) is 47.4 Å². The minimum absolute atomic E-state index is 0.0388. The number of carbonyl (C=O) groups excluding carboxylic acids is 2. The van der Waals surface area contributed by atoms with Crippen molar-refractivity contribution >= 4 is 38.6 Å². The van der Waals surface area contributed by atoms with Crippen molar-refractivity contribution in [3.8, 4) is 0 Å². The van der Waals surface area contributed by atoms with Gasteiger partial charge in [-0.2, -0.15) is 4.72 Å². The average molecular weight is 505 g/mol. The molecule has 1 aliphatic heterocycles. The van der Waals surface area contributed by atoms with E-state index in [4.69, 9.17) is 0 Å². The number of piperidine rings is 1. The molecule has 3 rings (SSSR count). The Hall–Kier alpha value is -3.02. The van der Waals surface area contributed by atoms with Gasteiger partial charge in [0, 0.05) is 25.9 Å². The molecule has 0 radical (unpaired) electrons. The van der Waals surface area contributed by atoms with Crippen molar-refractivity contribution in [1.29, 1.82) is 0 Å². The van der Waals surface area contributed by atoms with E-state index in [0.717, 1.165) is 37.7 Å². The Morgan fingerprint density at radius 3 is 2.37 bits per heavy atom. The van der Waals surface area contributed by atoms with Crippen LogP contribution in [-0.2, 0) is 24.4 Å². The molecule has 5 N–H and O–H groups in total. The van der Waals surface area contributed by atoms with Gasteiger partial charge < -0.3 is 21.1 Å². The summed E-state index contributed by atoms with van der Waals surface area (Å²) in [6.07, 6.45) is 3.31. The topological polar surface area (TPSA) is 154 Å². The van der Waals surface area contributed by atoms with E-state index in [-0.39, 0.29) is 23.8 Å². The molecule has 0 spiro atoms. The van der Waals surface area contributed by atoms with Crippen LogP contribution in [0.25, 0.3) is 10.8 Å². The van der Waals surface area contributed by atoms with Crippen LogP contribution in [0.4, 0.5) is 0 Å². The van der Waals surface area contributed by atoms with Gasteiger partial charge in [0.1, 0.15) is 6.04 Å². The molecule has 10 nitrogen and oxygen atoms in total. The molecule has 0 aliphatic carbocycles. The first kappa shape index (κ1) is 26.6. The molecular weight excluding hydrogens is 472 g/mol. The van der Waals surface area contributed by atoms with Crippen molar-refractivity contribution in [2.24, 2.45) is 5.92 Å². The van der Waals surface area contributed by atoms with Crippen molar-refractivity contribution in [2.75, 3.05) is 26.2 Å². The van der Waals surface area contributed by atoms with Crippen molar-refractivity contribution in [3.05, 3.63) is 42.5 Å². The third-order valence-corrected chi connectivity index (χ3v) is 7.51. The van der Waals surface area contributed by atoms with Crippen LogP contribution < -0.4 is 20.7 Å². The number of carbonyl (C=O) groups is 3. The zero-order valence-corrected chi connectivity index (χ0v) is 20.3. The first-order valence-electron chi connectivity index (χ1n) is 11.7. The second kappa shape index (κ2) is 12.6. The molecule has 0 aromatic heterocycles. The fraction of sp³-hybridized carbons (Fsp3) is 0.458. The summed E-state index contributed by atoms with van der Waals surface area (Å²) in [6.45, 7) is 1.65. The molecule has 1 unspecified atom stereocenters. The van der Waals surface area contributed by atoms with E-state index in [1.807, 2.05) is 12.1 Å². The Morgan fingerprint density at radius 1 is 0.971 bits per heavy atom. The summed E-state index contributed by atoms with van der Waals surface area (Å²) < 4.78 is 27.6. The molecule has 1 aliphatic rings. The molecule has 11 heteroatoms. The summed E-state index contributed by atoms with van der Waals surface area (Å²) in [4.78, 5) is 35.6. The van der Waals surface area contributed by atoms with E-state index in [1.165, 1.54) is 12.1 Å².